The lowest BCUT2D eigenvalue weighted by molar-refractivity contribution is -0.117. The minimum absolute atomic E-state index is 0.169. The summed E-state index contributed by atoms with van der Waals surface area (Å²) in [5.41, 5.74) is 2.36. The van der Waals surface area contributed by atoms with E-state index in [1.807, 2.05) is 24.3 Å². The Labute approximate surface area is 140 Å². The zero-order valence-electron chi connectivity index (χ0n) is 13.5. The molecule has 6 heteroatoms. The third-order valence-electron chi connectivity index (χ3n) is 3.98. The maximum Gasteiger partial charge on any atom is 0.253 e. The molecule has 1 aromatic heterocycles. The third kappa shape index (κ3) is 3.53. The van der Waals surface area contributed by atoms with Gasteiger partial charge in [-0.3, -0.25) is 9.59 Å². The quantitative estimate of drug-likeness (QED) is 0.914. The second kappa shape index (κ2) is 7.12. The molecule has 1 saturated heterocycles. The Kier molecular flexibility index (Phi) is 4.74. The van der Waals surface area contributed by atoms with E-state index in [1.54, 1.807) is 17.0 Å². The first-order valence-electron chi connectivity index (χ1n) is 7.85. The van der Waals surface area contributed by atoms with Crippen molar-refractivity contribution in [3.8, 4) is 5.88 Å². The van der Waals surface area contributed by atoms with Gasteiger partial charge in [0, 0.05) is 37.5 Å². The van der Waals surface area contributed by atoms with Gasteiger partial charge in [-0.2, -0.15) is 0 Å². The van der Waals surface area contributed by atoms with Crippen LogP contribution in [-0.4, -0.2) is 30.5 Å². The van der Waals surface area contributed by atoms with E-state index in [-0.39, 0.29) is 11.8 Å². The summed E-state index contributed by atoms with van der Waals surface area (Å²) in [4.78, 5) is 29.6. The van der Waals surface area contributed by atoms with Crippen molar-refractivity contribution >= 4 is 17.5 Å². The maximum atomic E-state index is 12.1. The van der Waals surface area contributed by atoms with Crippen LogP contribution in [0.15, 0.2) is 42.6 Å². The second-order valence-corrected chi connectivity index (χ2v) is 5.59. The van der Waals surface area contributed by atoms with Crippen molar-refractivity contribution in [3.63, 3.8) is 0 Å². The van der Waals surface area contributed by atoms with E-state index in [0.29, 0.717) is 24.4 Å². The summed E-state index contributed by atoms with van der Waals surface area (Å²) < 4.78 is 4.97. The highest BCUT2D eigenvalue weighted by Gasteiger charge is 2.21. The van der Waals surface area contributed by atoms with Crippen molar-refractivity contribution in [2.75, 3.05) is 18.6 Å². The minimum atomic E-state index is -0.191. The molecule has 2 heterocycles. The zero-order valence-corrected chi connectivity index (χ0v) is 13.5. The standard InChI is InChI=1S/C18H19N3O3/c1-24-16-9-6-14(12-19-16)18(23)20-11-13-4-7-15(8-5-13)21-10-2-3-17(21)22/h4-9,12H,2-3,10-11H2,1H3,(H,20,23). The first-order chi connectivity index (χ1) is 11.7. The fourth-order valence-corrected chi connectivity index (χ4v) is 2.63. The highest BCUT2D eigenvalue weighted by atomic mass is 16.5. The van der Waals surface area contributed by atoms with Crippen LogP contribution in [0.4, 0.5) is 5.69 Å². The highest BCUT2D eigenvalue weighted by molar-refractivity contribution is 5.95. The Morgan fingerprint density at radius 3 is 2.62 bits per heavy atom. The normalized spacial score (nSPS) is 13.9. The van der Waals surface area contributed by atoms with E-state index >= 15 is 0 Å². The van der Waals surface area contributed by atoms with Crippen LogP contribution in [0.25, 0.3) is 0 Å². The lowest BCUT2D eigenvalue weighted by Gasteiger charge is -2.16. The summed E-state index contributed by atoms with van der Waals surface area (Å²) in [6.45, 7) is 1.19. The van der Waals surface area contributed by atoms with E-state index in [9.17, 15) is 9.59 Å². The van der Waals surface area contributed by atoms with E-state index in [4.69, 9.17) is 4.74 Å². The second-order valence-electron chi connectivity index (χ2n) is 5.59. The van der Waals surface area contributed by atoms with Crippen molar-refractivity contribution in [3.05, 3.63) is 53.7 Å². The molecule has 3 rings (SSSR count). The van der Waals surface area contributed by atoms with Gasteiger partial charge in [-0.05, 0) is 30.2 Å². The Hall–Kier alpha value is -2.89. The van der Waals surface area contributed by atoms with Crippen LogP contribution in [0.2, 0.25) is 0 Å². The van der Waals surface area contributed by atoms with Crippen LogP contribution in [0.3, 0.4) is 0 Å². The number of carbonyl (C=O) groups is 2. The molecule has 0 unspecified atom stereocenters. The minimum Gasteiger partial charge on any atom is -0.481 e. The maximum absolute atomic E-state index is 12.1. The topological polar surface area (TPSA) is 71.5 Å². The van der Waals surface area contributed by atoms with Crippen molar-refractivity contribution in [2.45, 2.75) is 19.4 Å². The van der Waals surface area contributed by atoms with E-state index < -0.39 is 0 Å². The van der Waals surface area contributed by atoms with E-state index in [2.05, 4.69) is 10.3 Å². The van der Waals surface area contributed by atoms with Crippen molar-refractivity contribution < 1.29 is 14.3 Å². The van der Waals surface area contributed by atoms with Gasteiger partial charge in [-0.1, -0.05) is 12.1 Å². The summed E-state index contributed by atoms with van der Waals surface area (Å²) in [6, 6.07) is 11.0. The smallest absolute Gasteiger partial charge is 0.253 e. The fourth-order valence-electron chi connectivity index (χ4n) is 2.63. The predicted octanol–water partition coefficient (Wildman–Crippen LogP) is 2.15. The van der Waals surface area contributed by atoms with Gasteiger partial charge in [-0.15, -0.1) is 0 Å². The summed E-state index contributed by atoms with van der Waals surface area (Å²) in [5, 5.41) is 2.85. The Morgan fingerprint density at radius 1 is 1.25 bits per heavy atom. The number of pyridine rings is 1. The highest BCUT2D eigenvalue weighted by Crippen LogP contribution is 2.21. The van der Waals surface area contributed by atoms with Crippen LogP contribution in [0, 0.1) is 0 Å². The lowest BCUT2D eigenvalue weighted by Crippen LogP contribution is -2.24. The molecule has 124 valence electrons. The summed E-state index contributed by atoms with van der Waals surface area (Å²) >= 11 is 0. The third-order valence-corrected chi connectivity index (χ3v) is 3.98. The molecule has 0 saturated carbocycles. The van der Waals surface area contributed by atoms with Crippen LogP contribution in [0.5, 0.6) is 5.88 Å². The molecule has 6 nitrogen and oxygen atoms in total. The van der Waals surface area contributed by atoms with Crippen molar-refractivity contribution in [2.24, 2.45) is 0 Å². The molecular formula is C18H19N3O3. The number of rotatable bonds is 5. The number of ether oxygens (including phenoxy) is 1. The molecule has 1 aliphatic heterocycles. The summed E-state index contributed by atoms with van der Waals surface area (Å²) in [6.07, 6.45) is 3.01. The average molecular weight is 325 g/mol. The zero-order chi connectivity index (χ0) is 16.9. The molecule has 0 aliphatic carbocycles. The molecule has 0 spiro atoms. The number of hydrogen-bond acceptors (Lipinski definition) is 4. The van der Waals surface area contributed by atoms with Crippen molar-refractivity contribution in [1.82, 2.24) is 10.3 Å². The SMILES string of the molecule is COc1ccc(C(=O)NCc2ccc(N3CCCC3=O)cc2)cn1. The first-order valence-corrected chi connectivity index (χ1v) is 7.85. The number of benzene rings is 1. The van der Waals surface area contributed by atoms with E-state index in [1.165, 1.54) is 13.3 Å². The molecule has 0 bridgehead atoms. The number of methoxy groups -OCH3 is 1. The molecule has 1 aromatic carbocycles. The van der Waals surface area contributed by atoms with Crippen LogP contribution < -0.4 is 15.0 Å². The molecular weight excluding hydrogens is 306 g/mol. The van der Waals surface area contributed by atoms with Gasteiger partial charge in [0.05, 0.1) is 12.7 Å². The number of amides is 2. The van der Waals surface area contributed by atoms with Gasteiger partial charge in [-0.25, -0.2) is 4.98 Å². The summed E-state index contributed by atoms with van der Waals surface area (Å²) in [7, 11) is 1.53. The van der Waals surface area contributed by atoms with Gasteiger partial charge in [0.15, 0.2) is 0 Å². The predicted molar refractivity (Wildman–Crippen MR) is 90.0 cm³/mol. The molecule has 1 aliphatic rings. The average Bonchev–Trinajstić information content (AvgIpc) is 3.06. The number of hydrogen-bond donors (Lipinski definition) is 1. The van der Waals surface area contributed by atoms with Crippen LogP contribution in [-0.2, 0) is 11.3 Å². The Balaban J connectivity index is 1.57. The fraction of sp³-hybridized carbons (Fsp3) is 0.278. The first kappa shape index (κ1) is 16.0. The van der Waals surface area contributed by atoms with E-state index in [0.717, 1.165) is 24.2 Å². The van der Waals surface area contributed by atoms with Crippen LogP contribution in [0.1, 0.15) is 28.8 Å². The summed E-state index contributed by atoms with van der Waals surface area (Å²) in [5.74, 6) is 0.450. The number of nitrogens with zero attached hydrogens (tertiary/aromatic N) is 2. The molecule has 24 heavy (non-hydrogen) atoms. The van der Waals surface area contributed by atoms with Gasteiger partial charge in [0.25, 0.3) is 5.91 Å². The van der Waals surface area contributed by atoms with Gasteiger partial charge >= 0.3 is 0 Å². The number of anilines is 1. The van der Waals surface area contributed by atoms with Crippen molar-refractivity contribution in [1.29, 1.82) is 0 Å². The molecule has 2 amide bonds. The molecule has 1 N–H and O–H groups in total. The Morgan fingerprint density at radius 2 is 2.04 bits per heavy atom. The van der Waals surface area contributed by atoms with Gasteiger partial charge in [0.2, 0.25) is 11.8 Å². The number of carbonyl (C=O) groups excluding carboxylic acids is 2. The van der Waals surface area contributed by atoms with Gasteiger partial charge < -0.3 is 15.0 Å². The van der Waals surface area contributed by atoms with Gasteiger partial charge in [0.1, 0.15) is 0 Å². The lowest BCUT2D eigenvalue weighted by atomic mass is 10.2. The van der Waals surface area contributed by atoms with Crippen LogP contribution >= 0.6 is 0 Å². The molecule has 0 atom stereocenters. The Bertz CT molecular complexity index is 726. The largest absolute Gasteiger partial charge is 0.481 e. The number of aromatic nitrogens is 1. The number of nitrogens with one attached hydrogen (secondary N) is 1. The molecule has 1 fully saturated rings. The molecule has 0 radical (unpaired) electrons. The monoisotopic (exact) mass is 325 g/mol. The molecule has 2 aromatic rings.